The van der Waals surface area contributed by atoms with Gasteiger partial charge in [-0.25, -0.2) is 0 Å². The first-order valence-corrected chi connectivity index (χ1v) is 3.77. The van der Waals surface area contributed by atoms with Crippen molar-refractivity contribution in [2.24, 2.45) is 5.92 Å². The molecule has 0 saturated heterocycles. The van der Waals surface area contributed by atoms with Gasteiger partial charge in [0, 0.05) is 0 Å². The van der Waals surface area contributed by atoms with Crippen LogP contribution in [-0.4, -0.2) is 12.6 Å². The molecule has 0 amide bonds. The molecule has 0 saturated carbocycles. The second kappa shape index (κ2) is 7.62. The Morgan fingerprint density at radius 3 is 1.33 bits per heavy atom. The fourth-order valence-corrected chi connectivity index (χ4v) is 0. The Morgan fingerprint density at radius 2 is 1.33 bits per heavy atom. The van der Waals surface area contributed by atoms with Crippen LogP contribution in [0.25, 0.3) is 0 Å². The summed E-state index contributed by atoms with van der Waals surface area (Å²) in [5.41, 5.74) is 0. The van der Waals surface area contributed by atoms with Crippen LogP contribution in [-0.2, 0) is 10.6 Å². The molecule has 0 rings (SSSR count). The highest BCUT2D eigenvalue weighted by Gasteiger charge is 1.80. The number of hydrogen-bond donors (Lipinski definition) is 0. The van der Waals surface area contributed by atoms with Gasteiger partial charge < -0.3 is 0 Å². The fraction of sp³-hybridized carbons (Fsp3) is 1.00. The van der Waals surface area contributed by atoms with Gasteiger partial charge in [-0.05, 0) is 5.92 Å². The van der Waals surface area contributed by atoms with Crippen molar-refractivity contribution in [2.75, 3.05) is 0 Å². The summed E-state index contributed by atoms with van der Waals surface area (Å²) in [5.74, 6) is 0.884. The van der Waals surface area contributed by atoms with Crippen molar-refractivity contribution in [1.29, 1.82) is 0 Å². The van der Waals surface area contributed by atoms with Gasteiger partial charge >= 0.3 is 10.6 Å². The van der Waals surface area contributed by atoms with Gasteiger partial charge in [0.2, 0.25) is 0 Å². The zero-order valence-electron chi connectivity index (χ0n) is 5.92. The van der Waals surface area contributed by atoms with Crippen LogP contribution in [0.3, 0.4) is 0 Å². The molecule has 0 aromatic carbocycles. The Hall–Kier alpha value is -0.380. The molecule has 0 N–H and O–H groups in total. The van der Waals surface area contributed by atoms with Gasteiger partial charge in [0.25, 0.3) is 0 Å². The highest BCUT2D eigenvalue weighted by molar-refractivity contribution is 7.59. The molecule has 0 heterocycles. The van der Waals surface area contributed by atoms with Crippen LogP contribution in [0.5, 0.6) is 0 Å². The Balaban J connectivity index is 0. The van der Waals surface area contributed by atoms with E-state index in [-0.39, 0.29) is 0 Å². The average Bonchev–Trinajstić information content (AvgIpc) is 1.65. The van der Waals surface area contributed by atoms with Gasteiger partial charge in [-0.3, -0.25) is 0 Å². The zero-order valence-corrected chi connectivity index (χ0v) is 6.73. The van der Waals surface area contributed by atoms with Gasteiger partial charge in [0.05, 0.1) is 0 Å². The van der Waals surface area contributed by atoms with E-state index >= 15 is 0 Å². The summed E-state index contributed by atoms with van der Waals surface area (Å²) in [4.78, 5) is 0. The number of hydrogen-bond acceptors (Lipinski definition) is 3. The quantitative estimate of drug-likeness (QED) is 0.564. The lowest BCUT2D eigenvalue weighted by Gasteiger charge is -1.90. The smallest absolute Gasteiger partial charge is 0.142 e. The maximum Gasteiger partial charge on any atom is 0.425 e. The van der Waals surface area contributed by atoms with Crippen LogP contribution in [0, 0.1) is 5.92 Å². The van der Waals surface area contributed by atoms with E-state index in [4.69, 9.17) is 12.6 Å². The molecule has 0 atom stereocenters. The van der Waals surface area contributed by atoms with Crippen molar-refractivity contribution in [2.45, 2.75) is 27.2 Å². The molecule has 0 aromatic rings. The van der Waals surface area contributed by atoms with Crippen molar-refractivity contribution in [3.8, 4) is 0 Å². The zero-order chi connectivity index (χ0) is 7.86. The minimum atomic E-state index is -3.11. The first-order valence-electron chi connectivity index (χ1n) is 2.77. The molecule has 0 aliphatic heterocycles. The molecule has 0 fully saturated rings. The molecule has 3 nitrogen and oxygen atoms in total. The van der Waals surface area contributed by atoms with Crippen LogP contribution in [0.1, 0.15) is 27.2 Å². The summed E-state index contributed by atoms with van der Waals surface area (Å²) < 4.78 is 25.3. The SMILES string of the molecule is CCC(C)C.O=S(=O)=O. The van der Waals surface area contributed by atoms with E-state index in [1.54, 1.807) is 0 Å². The molecule has 9 heavy (non-hydrogen) atoms. The van der Waals surface area contributed by atoms with Gasteiger partial charge in [0.15, 0.2) is 0 Å². The predicted molar refractivity (Wildman–Crippen MR) is 34.8 cm³/mol. The monoisotopic (exact) mass is 152 g/mol. The average molecular weight is 152 g/mol. The first-order chi connectivity index (χ1) is 4.00. The summed E-state index contributed by atoms with van der Waals surface area (Å²) in [6, 6.07) is 0. The molecule has 0 radical (unpaired) electrons. The minimum Gasteiger partial charge on any atom is -0.142 e. The third-order valence-corrected chi connectivity index (χ3v) is 0.816. The molecular formula is C5H12O3S. The molecule has 0 spiro atoms. The van der Waals surface area contributed by atoms with Gasteiger partial charge in [-0.2, -0.15) is 0 Å². The predicted octanol–water partition coefficient (Wildman–Crippen LogP) is 1.05. The lowest BCUT2D eigenvalue weighted by Crippen LogP contribution is -1.77. The summed E-state index contributed by atoms with van der Waals surface area (Å²) in [6.07, 6.45) is 1.31. The summed E-state index contributed by atoms with van der Waals surface area (Å²) in [7, 11) is -3.11. The highest BCUT2D eigenvalue weighted by atomic mass is 32.2. The highest BCUT2D eigenvalue weighted by Crippen LogP contribution is 1.93. The Morgan fingerprint density at radius 1 is 1.22 bits per heavy atom. The van der Waals surface area contributed by atoms with E-state index in [1.807, 2.05) is 0 Å². The summed E-state index contributed by atoms with van der Waals surface area (Å²) in [6.45, 7) is 6.64. The van der Waals surface area contributed by atoms with Gasteiger partial charge in [0.1, 0.15) is 0 Å². The second-order valence-corrected chi connectivity index (χ2v) is 2.41. The normalized spacial score (nSPS) is 8.00. The van der Waals surface area contributed by atoms with E-state index in [9.17, 15) is 0 Å². The second-order valence-electron chi connectivity index (χ2n) is 2.01. The van der Waals surface area contributed by atoms with Gasteiger partial charge in [-0.15, -0.1) is 12.6 Å². The molecule has 0 aliphatic carbocycles. The standard InChI is InChI=1S/C5H12.O3S/c1-4-5(2)3;1-4(2)3/h5H,4H2,1-3H3;. The van der Waals surface area contributed by atoms with Crippen LogP contribution < -0.4 is 0 Å². The van der Waals surface area contributed by atoms with E-state index in [2.05, 4.69) is 20.8 Å². The molecule has 0 unspecified atom stereocenters. The van der Waals surface area contributed by atoms with Crippen molar-refractivity contribution in [3.05, 3.63) is 0 Å². The van der Waals surface area contributed by atoms with Crippen molar-refractivity contribution >= 4 is 10.6 Å². The fourth-order valence-electron chi connectivity index (χ4n) is 0. The summed E-state index contributed by atoms with van der Waals surface area (Å²) >= 11 is 0. The van der Waals surface area contributed by atoms with Crippen LogP contribution >= 0.6 is 0 Å². The molecule has 4 heteroatoms. The van der Waals surface area contributed by atoms with E-state index in [0.29, 0.717) is 0 Å². The molecule has 0 aromatic heterocycles. The van der Waals surface area contributed by atoms with Crippen molar-refractivity contribution in [1.82, 2.24) is 0 Å². The molecular weight excluding hydrogens is 140 g/mol. The first kappa shape index (κ1) is 11.4. The van der Waals surface area contributed by atoms with Gasteiger partial charge in [-0.1, -0.05) is 27.2 Å². The summed E-state index contributed by atoms with van der Waals surface area (Å²) in [5, 5.41) is 0. The van der Waals surface area contributed by atoms with Crippen LogP contribution in [0.15, 0.2) is 0 Å². The molecule has 56 valence electrons. The van der Waals surface area contributed by atoms with Crippen LogP contribution in [0.2, 0.25) is 0 Å². The third-order valence-electron chi connectivity index (χ3n) is 0.816. The maximum absolute atomic E-state index is 8.44. The van der Waals surface area contributed by atoms with E-state index in [1.165, 1.54) is 6.42 Å². The molecule has 0 aliphatic rings. The van der Waals surface area contributed by atoms with Crippen molar-refractivity contribution < 1.29 is 12.6 Å². The largest absolute Gasteiger partial charge is 0.425 e. The third kappa shape index (κ3) is 91.7. The van der Waals surface area contributed by atoms with E-state index < -0.39 is 10.6 Å². The lowest BCUT2D eigenvalue weighted by molar-refractivity contribution is 0.559. The van der Waals surface area contributed by atoms with Crippen molar-refractivity contribution in [3.63, 3.8) is 0 Å². The Labute approximate surface area is 57.1 Å². The number of rotatable bonds is 1. The maximum atomic E-state index is 8.44. The lowest BCUT2D eigenvalue weighted by atomic mass is 10.2. The van der Waals surface area contributed by atoms with Crippen LogP contribution in [0.4, 0.5) is 0 Å². The minimum absolute atomic E-state index is 0.884. The Bertz CT molecular complexity index is 124. The van der Waals surface area contributed by atoms with E-state index in [0.717, 1.165) is 5.92 Å². The Kier molecular flexibility index (Phi) is 9.67. The topological polar surface area (TPSA) is 51.2 Å². The molecule has 0 bridgehead atoms.